The lowest BCUT2D eigenvalue weighted by Crippen LogP contribution is -2.42. The minimum absolute atomic E-state index is 0.0697. The van der Waals surface area contributed by atoms with Crippen LogP contribution in [0.5, 0.6) is 0 Å². The summed E-state index contributed by atoms with van der Waals surface area (Å²) in [7, 11) is 0. The number of carbonyl (C=O) groups is 2. The van der Waals surface area contributed by atoms with Crippen LogP contribution in [0.4, 0.5) is 16.3 Å². The second-order valence-electron chi connectivity index (χ2n) is 10.5. The van der Waals surface area contributed by atoms with Gasteiger partial charge in [0.1, 0.15) is 12.4 Å². The molecule has 2 aromatic carbocycles. The third-order valence-electron chi connectivity index (χ3n) is 5.56. The maximum Gasteiger partial charge on any atom is 0.322 e. The van der Waals surface area contributed by atoms with E-state index in [1.165, 1.54) is 4.90 Å². The zero-order valence-electron chi connectivity index (χ0n) is 21.8. The van der Waals surface area contributed by atoms with Gasteiger partial charge in [-0.05, 0) is 43.5 Å². The smallest absolute Gasteiger partial charge is 0.315 e. The lowest BCUT2D eigenvalue weighted by Gasteiger charge is -2.24. The highest BCUT2D eigenvalue weighted by Crippen LogP contribution is 2.28. The van der Waals surface area contributed by atoms with Gasteiger partial charge in [-0.3, -0.25) is 4.79 Å². The van der Waals surface area contributed by atoms with Gasteiger partial charge in [-0.1, -0.05) is 70.5 Å². The van der Waals surface area contributed by atoms with Gasteiger partial charge < -0.3 is 15.5 Å². The summed E-state index contributed by atoms with van der Waals surface area (Å²) in [6.07, 6.45) is 0. The summed E-state index contributed by atoms with van der Waals surface area (Å²) in [5, 5.41) is 10.7. The summed E-state index contributed by atoms with van der Waals surface area (Å²) >= 11 is 0. The monoisotopic (exact) mass is 475 g/mol. The summed E-state index contributed by atoms with van der Waals surface area (Å²) in [5.41, 5.74) is 4.49. The van der Waals surface area contributed by atoms with E-state index in [9.17, 15) is 9.59 Å². The van der Waals surface area contributed by atoms with E-state index in [1.54, 1.807) is 4.68 Å². The Morgan fingerprint density at radius 1 is 1.00 bits per heavy atom. The first-order valence-corrected chi connectivity index (χ1v) is 12.0. The Bertz CT molecular complexity index is 1180. The molecule has 0 unspecified atom stereocenters. The van der Waals surface area contributed by atoms with Crippen LogP contribution in [0, 0.1) is 19.8 Å². The molecule has 0 bridgehead atoms. The number of nitrogens with zero attached hydrogens (tertiary/aromatic N) is 3. The van der Waals surface area contributed by atoms with Crippen molar-refractivity contribution in [3.63, 3.8) is 0 Å². The minimum atomic E-state index is -0.307. The molecular weight excluding hydrogens is 438 g/mol. The predicted octanol–water partition coefficient (Wildman–Crippen LogP) is 5.92. The Labute approximate surface area is 208 Å². The van der Waals surface area contributed by atoms with Crippen LogP contribution in [0.15, 0.2) is 54.6 Å². The Hall–Kier alpha value is -3.61. The van der Waals surface area contributed by atoms with E-state index in [1.807, 2.05) is 76.2 Å². The zero-order chi connectivity index (χ0) is 25.8. The topological polar surface area (TPSA) is 79.3 Å². The van der Waals surface area contributed by atoms with Crippen LogP contribution in [-0.4, -0.2) is 39.7 Å². The van der Waals surface area contributed by atoms with Gasteiger partial charge in [0.15, 0.2) is 0 Å². The standard InChI is InChI=1S/C28H37N5O2/c1-19(2)17-32(27(35)29-22-11-9-8-10-12-22)18-26(34)30-25-16-24(28(5,6)7)31-33(25)23-14-13-20(3)15-21(23)4/h8-16,19H,17-18H2,1-7H3,(H,29,35)(H,30,34). The predicted molar refractivity (Wildman–Crippen MR) is 142 cm³/mol. The van der Waals surface area contributed by atoms with E-state index >= 15 is 0 Å². The van der Waals surface area contributed by atoms with Crippen LogP contribution in [-0.2, 0) is 10.2 Å². The third-order valence-corrected chi connectivity index (χ3v) is 5.56. The first-order valence-electron chi connectivity index (χ1n) is 12.0. The second kappa shape index (κ2) is 10.8. The number of carbonyl (C=O) groups excluding carboxylic acids is 2. The molecule has 3 rings (SSSR count). The molecule has 186 valence electrons. The van der Waals surface area contributed by atoms with Crippen LogP contribution in [0.25, 0.3) is 5.69 Å². The van der Waals surface area contributed by atoms with Gasteiger partial charge in [0, 0.05) is 23.7 Å². The Morgan fingerprint density at radius 3 is 2.29 bits per heavy atom. The molecule has 0 saturated heterocycles. The molecule has 0 spiro atoms. The van der Waals surface area contributed by atoms with Gasteiger partial charge in [0.25, 0.3) is 0 Å². The number of urea groups is 1. The molecule has 2 N–H and O–H groups in total. The van der Waals surface area contributed by atoms with E-state index in [4.69, 9.17) is 5.10 Å². The molecule has 0 radical (unpaired) electrons. The molecule has 0 fully saturated rings. The number of amides is 3. The average molecular weight is 476 g/mol. The van der Waals surface area contributed by atoms with Gasteiger partial charge >= 0.3 is 6.03 Å². The van der Waals surface area contributed by atoms with Gasteiger partial charge in [0.2, 0.25) is 5.91 Å². The highest BCUT2D eigenvalue weighted by molar-refractivity contribution is 5.96. The molecule has 1 aromatic heterocycles. The third kappa shape index (κ3) is 6.94. The summed E-state index contributed by atoms with van der Waals surface area (Å²) in [4.78, 5) is 27.7. The molecule has 0 aliphatic rings. The number of nitrogens with one attached hydrogen (secondary N) is 2. The van der Waals surface area contributed by atoms with Crippen molar-refractivity contribution in [2.45, 2.75) is 53.9 Å². The summed E-state index contributed by atoms with van der Waals surface area (Å²) in [5.74, 6) is 0.512. The van der Waals surface area contributed by atoms with Crippen molar-refractivity contribution in [2.75, 3.05) is 23.7 Å². The first kappa shape index (κ1) is 26.0. The fourth-order valence-corrected chi connectivity index (χ4v) is 3.80. The summed E-state index contributed by atoms with van der Waals surface area (Å²) in [6, 6.07) is 17.0. The van der Waals surface area contributed by atoms with Crippen molar-refractivity contribution in [3.8, 4) is 5.69 Å². The molecule has 7 nitrogen and oxygen atoms in total. The number of aromatic nitrogens is 2. The number of hydrogen-bond donors (Lipinski definition) is 2. The molecule has 35 heavy (non-hydrogen) atoms. The van der Waals surface area contributed by atoms with Crippen molar-refractivity contribution in [1.29, 1.82) is 0 Å². The van der Waals surface area contributed by atoms with Crippen molar-refractivity contribution < 1.29 is 9.59 Å². The maximum atomic E-state index is 13.2. The zero-order valence-corrected chi connectivity index (χ0v) is 21.8. The van der Waals surface area contributed by atoms with Gasteiger partial charge in [-0.15, -0.1) is 0 Å². The molecular formula is C28H37N5O2. The fraction of sp³-hybridized carbons (Fsp3) is 0.393. The van der Waals surface area contributed by atoms with Gasteiger partial charge in [-0.2, -0.15) is 5.10 Å². The maximum absolute atomic E-state index is 13.2. The van der Waals surface area contributed by atoms with Crippen LogP contribution in [0.2, 0.25) is 0 Å². The normalized spacial score (nSPS) is 11.4. The van der Waals surface area contributed by atoms with Gasteiger partial charge in [0.05, 0.1) is 11.4 Å². The molecule has 3 amide bonds. The Kier molecular flexibility index (Phi) is 7.99. The van der Waals surface area contributed by atoms with E-state index in [-0.39, 0.29) is 29.8 Å². The van der Waals surface area contributed by atoms with E-state index in [0.717, 1.165) is 22.5 Å². The number of para-hydroxylation sites is 1. The average Bonchev–Trinajstić information content (AvgIpc) is 3.17. The van der Waals surface area contributed by atoms with E-state index in [0.29, 0.717) is 18.1 Å². The van der Waals surface area contributed by atoms with Crippen LogP contribution < -0.4 is 10.6 Å². The molecule has 0 saturated carbocycles. The highest BCUT2D eigenvalue weighted by atomic mass is 16.2. The minimum Gasteiger partial charge on any atom is -0.315 e. The molecule has 0 aliphatic carbocycles. The van der Waals surface area contributed by atoms with Crippen LogP contribution in [0.3, 0.4) is 0 Å². The van der Waals surface area contributed by atoms with Crippen molar-refractivity contribution in [3.05, 3.63) is 71.4 Å². The second-order valence-corrected chi connectivity index (χ2v) is 10.5. The number of anilines is 2. The lowest BCUT2D eigenvalue weighted by molar-refractivity contribution is -0.116. The number of hydrogen-bond acceptors (Lipinski definition) is 3. The Morgan fingerprint density at radius 2 is 1.69 bits per heavy atom. The fourth-order valence-electron chi connectivity index (χ4n) is 3.80. The SMILES string of the molecule is Cc1ccc(-n2nc(C(C)(C)C)cc2NC(=O)CN(CC(C)C)C(=O)Nc2ccccc2)c(C)c1. The molecule has 1 heterocycles. The highest BCUT2D eigenvalue weighted by Gasteiger charge is 2.24. The Balaban J connectivity index is 1.85. The largest absolute Gasteiger partial charge is 0.322 e. The van der Waals surface area contributed by atoms with Crippen LogP contribution in [0.1, 0.15) is 51.4 Å². The molecule has 7 heteroatoms. The van der Waals surface area contributed by atoms with Crippen molar-refractivity contribution in [2.24, 2.45) is 5.92 Å². The van der Waals surface area contributed by atoms with Crippen molar-refractivity contribution in [1.82, 2.24) is 14.7 Å². The summed E-state index contributed by atoms with van der Waals surface area (Å²) in [6.45, 7) is 14.8. The molecule has 3 aromatic rings. The number of rotatable bonds is 7. The lowest BCUT2D eigenvalue weighted by atomic mass is 9.92. The van der Waals surface area contributed by atoms with Crippen LogP contribution >= 0.6 is 0 Å². The molecule has 0 aliphatic heterocycles. The summed E-state index contributed by atoms with van der Waals surface area (Å²) < 4.78 is 1.78. The number of aryl methyl sites for hydroxylation is 2. The van der Waals surface area contributed by atoms with Gasteiger partial charge in [-0.25, -0.2) is 9.48 Å². The van der Waals surface area contributed by atoms with E-state index < -0.39 is 0 Å². The molecule has 0 atom stereocenters. The van der Waals surface area contributed by atoms with Crippen molar-refractivity contribution >= 4 is 23.4 Å². The number of benzene rings is 2. The van der Waals surface area contributed by atoms with E-state index in [2.05, 4.69) is 37.5 Å². The quantitative estimate of drug-likeness (QED) is 0.445. The first-order chi connectivity index (χ1) is 16.4.